The molecule has 0 radical (unpaired) electrons. The third-order valence-corrected chi connectivity index (χ3v) is 3.93. The maximum absolute atomic E-state index is 12.5. The second kappa shape index (κ2) is 7.49. The SMILES string of the molecule is N#CCCn1cc(C(=O)COC(=O)c2cc[n+]([O-])cc2)c2ccccc21. The van der Waals surface area contributed by atoms with Crippen molar-refractivity contribution in [1.29, 1.82) is 5.26 Å². The lowest BCUT2D eigenvalue weighted by molar-refractivity contribution is -0.605. The van der Waals surface area contributed by atoms with Gasteiger partial charge in [-0.15, -0.1) is 0 Å². The molecular formula is C19H15N3O4. The van der Waals surface area contributed by atoms with E-state index in [1.165, 1.54) is 24.5 Å². The van der Waals surface area contributed by atoms with Crippen LogP contribution in [0.4, 0.5) is 0 Å². The number of carbonyl (C=O) groups is 2. The van der Waals surface area contributed by atoms with Gasteiger partial charge in [-0.2, -0.15) is 9.99 Å². The van der Waals surface area contributed by atoms with E-state index in [0.29, 0.717) is 23.3 Å². The number of aryl methyl sites for hydroxylation is 1. The second-order valence-electron chi connectivity index (χ2n) is 5.61. The van der Waals surface area contributed by atoms with Crippen molar-refractivity contribution in [3.05, 3.63) is 71.3 Å². The zero-order chi connectivity index (χ0) is 18.5. The summed E-state index contributed by atoms with van der Waals surface area (Å²) in [6, 6.07) is 12.1. The van der Waals surface area contributed by atoms with Crippen LogP contribution >= 0.6 is 0 Å². The van der Waals surface area contributed by atoms with Gasteiger partial charge < -0.3 is 14.5 Å². The number of nitrogens with zero attached hydrogens (tertiary/aromatic N) is 3. The number of hydrogen-bond donors (Lipinski definition) is 0. The molecule has 0 spiro atoms. The van der Waals surface area contributed by atoms with E-state index in [4.69, 9.17) is 10.00 Å². The Bertz CT molecular complexity index is 1000. The summed E-state index contributed by atoms with van der Waals surface area (Å²) < 4.78 is 7.46. The molecule has 0 saturated carbocycles. The zero-order valence-corrected chi connectivity index (χ0v) is 13.8. The van der Waals surface area contributed by atoms with E-state index >= 15 is 0 Å². The Kier molecular flexibility index (Phi) is 4.94. The molecule has 0 bridgehead atoms. The molecule has 26 heavy (non-hydrogen) atoms. The summed E-state index contributed by atoms with van der Waals surface area (Å²) in [5.41, 5.74) is 1.48. The second-order valence-corrected chi connectivity index (χ2v) is 5.61. The van der Waals surface area contributed by atoms with Crippen LogP contribution in [0, 0.1) is 16.5 Å². The average molecular weight is 349 g/mol. The summed E-state index contributed by atoms with van der Waals surface area (Å²) in [7, 11) is 0. The molecule has 7 nitrogen and oxygen atoms in total. The molecule has 0 amide bonds. The fraction of sp³-hybridized carbons (Fsp3) is 0.158. The number of benzene rings is 1. The number of esters is 1. The van der Waals surface area contributed by atoms with E-state index in [9.17, 15) is 14.8 Å². The van der Waals surface area contributed by atoms with E-state index < -0.39 is 12.6 Å². The van der Waals surface area contributed by atoms with Crippen molar-refractivity contribution in [3.8, 4) is 6.07 Å². The van der Waals surface area contributed by atoms with Gasteiger partial charge in [0.05, 0.1) is 18.1 Å². The Labute approximate surface area is 149 Å². The van der Waals surface area contributed by atoms with E-state index in [-0.39, 0.29) is 11.3 Å². The first-order chi connectivity index (χ1) is 12.6. The zero-order valence-electron chi connectivity index (χ0n) is 13.8. The number of para-hydroxylation sites is 1. The van der Waals surface area contributed by atoms with Gasteiger partial charge >= 0.3 is 5.97 Å². The monoisotopic (exact) mass is 349 g/mol. The van der Waals surface area contributed by atoms with Crippen LogP contribution in [0.25, 0.3) is 10.9 Å². The third kappa shape index (κ3) is 3.54. The largest absolute Gasteiger partial charge is 0.619 e. The van der Waals surface area contributed by atoms with Gasteiger partial charge in [0.25, 0.3) is 0 Å². The molecule has 0 aliphatic carbocycles. The molecule has 2 heterocycles. The third-order valence-electron chi connectivity index (χ3n) is 3.93. The van der Waals surface area contributed by atoms with Gasteiger partial charge in [0.2, 0.25) is 5.78 Å². The molecule has 2 aromatic heterocycles. The molecule has 0 aliphatic heterocycles. The van der Waals surface area contributed by atoms with Crippen LogP contribution in [-0.2, 0) is 11.3 Å². The minimum Gasteiger partial charge on any atom is -0.619 e. The van der Waals surface area contributed by atoms with Crippen molar-refractivity contribution in [3.63, 3.8) is 0 Å². The minimum absolute atomic E-state index is 0.196. The van der Waals surface area contributed by atoms with Gasteiger partial charge in [-0.05, 0) is 6.07 Å². The molecule has 130 valence electrons. The highest BCUT2D eigenvalue weighted by Crippen LogP contribution is 2.22. The number of ketones is 1. The number of Topliss-reactive ketones (excluding diaryl/α,β-unsaturated/α-hetero) is 1. The van der Waals surface area contributed by atoms with Crippen molar-refractivity contribution in [2.45, 2.75) is 13.0 Å². The van der Waals surface area contributed by atoms with E-state index in [2.05, 4.69) is 6.07 Å². The number of pyridine rings is 1. The van der Waals surface area contributed by atoms with Gasteiger partial charge in [0.1, 0.15) is 0 Å². The average Bonchev–Trinajstić information content (AvgIpc) is 3.03. The number of carbonyl (C=O) groups excluding carboxylic acids is 2. The molecule has 3 rings (SSSR count). The maximum atomic E-state index is 12.5. The molecule has 0 atom stereocenters. The summed E-state index contributed by atoms with van der Waals surface area (Å²) >= 11 is 0. The molecule has 0 fully saturated rings. The predicted octanol–water partition coefficient (Wildman–Crippen LogP) is 2.23. The van der Waals surface area contributed by atoms with Gasteiger partial charge in [-0.3, -0.25) is 4.79 Å². The van der Waals surface area contributed by atoms with Crippen molar-refractivity contribution >= 4 is 22.7 Å². The first-order valence-electron chi connectivity index (χ1n) is 7.94. The lowest BCUT2D eigenvalue weighted by Gasteiger charge is -2.04. The standard InChI is InChI=1S/C19H15N3O4/c20-8-3-9-21-12-16(15-4-1-2-5-17(15)21)18(23)13-26-19(24)14-6-10-22(25)11-7-14/h1-2,4-7,10-12H,3,9,13H2. The number of hydrogen-bond acceptors (Lipinski definition) is 5. The Morgan fingerprint density at radius 1 is 1.19 bits per heavy atom. The Hall–Kier alpha value is -3.66. The normalized spacial score (nSPS) is 10.4. The highest BCUT2D eigenvalue weighted by atomic mass is 16.5. The molecule has 1 aromatic carbocycles. The number of nitriles is 1. The first kappa shape index (κ1) is 17.2. The Balaban J connectivity index is 1.76. The van der Waals surface area contributed by atoms with Crippen molar-refractivity contribution in [1.82, 2.24) is 4.57 Å². The quantitative estimate of drug-likeness (QED) is 0.294. The molecule has 0 aliphatic rings. The molecule has 0 saturated heterocycles. The summed E-state index contributed by atoms with van der Waals surface area (Å²) in [6.45, 7) is 0.0701. The van der Waals surface area contributed by atoms with Gasteiger partial charge in [-0.25, -0.2) is 4.79 Å². The summed E-state index contributed by atoms with van der Waals surface area (Å²) in [6.07, 6.45) is 4.37. The Morgan fingerprint density at radius 2 is 1.92 bits per heavy atom. The van der Waals surface area contributed by atoms with Gasteiger partial charge in [0, 0.05) is 41.3 Å². The highest BCUT2D eigenvalue weighted by molar-refractivity contribution is 6.09. The lowest BCUT2D eigenvalue weighted by atomic mass is 10.1. The van der Waals surface area contributed by atoms with Crippen LogP contribution in [-0.4, -0.2) is 22.9 Å². The predicted molar refractivity (Wildman–Crippen MR) is 92.2 cm³/mol. The summed E-state index contributed by atoms with van der Waals surface area (Å²) in [5.74, 6) is -1.01. The maximum Gasteiger partial charge on any atom is 0.339 e. The Morgan fingerprint density at radius 3 is 2.65 bits per heavy atom. The van der Waals surface area contributed by atoms with Crippen LogP contribution in [0.3, 0.4) is 0 Å². The number of ether oxygens (including phenoxy) is 1. The van der Waals surface area contributed by atoms with Gasteiger partial charge in [-0.1, -0.05) is 18.2 Å². The molecule has 0 N–H and O–H groups in total. The molecule has 3 aromatic rings. The van der Waals surface area contributed by atoms with Crippen LogP contribution < -0.4 is 4.73 Å². The fourth-order valence-electron chi connectivity index (χ4n) is 2.67. The fourth-order valence-corrected chi connectivity index (χ4v) is 2.67. The lowest BCUT2D eigenvalue weighted by Crippen LogP contribution is -2.24. The number of rotatable bonds is 6. The molecule has 7 heteroatoms. The van der Waals surface area contributed by atoms with Crippen LogP contribution in [0.5, 0.6) is 0 Å². The van der Waals surface area contributed by atoms with Gasteiger partial charge in [0.15, 0.2) is 19.0 Å². The van der Waals surface area contributed by atoms with E-state index in [0.717, 1.165) is 10.9 Å². The summed E-state index contributed by atoms with van der Waals surface area (Å²) in [5, 5.41) is 20.5. The smallest absolute Gasteiger partial charge is 0.339 e. The topological polar surface area (TPSA) is 99.0 Å². The highest BCUT2D eigenvalue weighted by Gasteiger charge is 2.17. The number of fused-ring (bicyclic) bond motifs is 1. The number of aromatic nitrogens is 2. The molecular weight excluding hydrogens is 334 g/mol. The van der Waals surface area contributed by atoms with E-state index in [1.807, 2.05) is 28.8 Å². The van der Waals surface area contributed by atoms with Crippen molar-refractivity contribution in [2.24, 2.45) is 0 Å². The van der Waals surface area contributed by atoms with Crippen molar-refractivity contribution in [2.75, 3.05) is 6.61 Å². The van der Waals surface area contributed by atoms with E-state index in [1.54, 1.807) is 6.20 Å². The first-order valence-corrected chi connectivity index (χ1v) is 7.94. The van der Waals surface area contributed by atoms with Crippen LogP contribution in [0.2, 0.25) is 0 Å². The minimum atomic E-state index is -0.674. The van der Waals surface area contributed by atoms with Crippen LogP contribution in [0.1, 0.15) is 27.1 Å². The van der Waals surface area contributed by atoms with Crippen LogP contribution in [0.15, 0.2) is 55.0 Å². The molecule has 0 unspecified atom stereocenters. The van der Waals surface area contributed by atoms with Crippen molar-refractivity contribution < 1.29 is 19.1 Å². The summed E-state index contributed by atoms with van der Waals surface area (Å²) in [4.78, 5) is 24.5.